The first-order valence-electron chi connectivity index (χ1n) is 8.36. The fourth-order valence-corrected chi connectivity index (χ4v) is 4.15. The van der Waals surface area contributed by atoms with Crippen molar-refractivity contribution < 1.29 is 18.3 Å². The molecule has 23 heavy (non-hydrogen) atoms. The number of likely N-dealkylation sites (tertiary alicyclic amines) is 1. The minimum absolute atomic E-state index is 0.0151. The van der Waals surface area contributed by atoms with Gasteiger partial charge in [-0.3, -0.25) is 4.79 Å². The van der Waals surface area contributed by atoms with Gasteiger partial charge in [0, 0.05) is 12.5 Å². The summed E-state index contributed by atoms with van der Waals surface area (Å²) in [5, 5.41) is 0. The van der Waals surface area contributed by atoms with E-state index in [1.807, 2.05) is 23.1 Å². The molecule has 1 heterocycles. The van der Waals surface area contributed by atoms with Gasteiger partial charge < -0.3 is 9.64 Å². The van der Waals surface area contributed by atoms with Crippen LogP contribution in [0.15, 0.2) is 30.3 Å². The number of nitrogens with zero attached hydrogens (tertiary/aromatic N) is 1. The molecular formula is C18H23F2NO2. The Morgan fingerprint density at radius 1 is 1.30 bits per heavy atom. The predicted molar refractivity (Wildman–Crippen MR) is 83.2 cm³/mol. The highest BCUT2D eigenvalue weighted by Crippen LogP contribution is 2.53. The Labute approximate surface area is 135 Å². The summed E-state index contributed by atoms with van der Waals surface area (Å²) in [5.74, 6) is 0.533. The number of hydrogen-bond donors (Lipinski definition) is 0. The second-order valence-corrected chi connectivity index (χ2v) is 6.45. The summed E-state index contributed by atoms with van der Waals surface area (Å²) in [5.41, 5.74) is 1.03. The van der Waals surface area contributed by atoms with Gasteiger partial charge >= 0.3 is 0 Å². The maximum atomic E-state index is 12.6. The summed E-state index contributed by atoms with van der Waals surface area (Å²) in [7, 11) is 0. The molecule has 3 nitrogen and oxygen atoms in total. The number of benzene rings is 1. The van der Waals surface area contributed by atoms with E-state index in [9.17, 15) is 13.6 Å². The Hall–Kier alpha value is -1.49. The number of hydrogen-bond acceptors (Lipinski definition) is 2. The number of rotatable bonds is 6. The lowest BCUT2D eigenvalue weighted by Crippen LogP contribution is -2.67. The van der Waals surface area contributed by atoms with Gasteiger partial charge in [-0.05, 0) is 18.4 Å². The van der Waals surface area contributed by atoms with Crippen LogP contribution in [0.25, 0.3) is 0 Å². The number of alkyl halides is 2. The predicted octanol–water partition coefficient (Wildman–Crippen LogP) is 3.59. The SMILES string of the molecule is O=C(CCOCC(F)F)N1C[C@@H]2CCCC[C@]21c1ccccc1. The molecule has 2 aliphatic rings. The third-order valence-corrected chi connectivity index (χ3v) is 5.20. The minimum Gasteiger partial charge on any atom is -0.375 e. The van der Waals surface area contributed by atoms with E-state index in [2.05, 4.69) is 12.1 Å². The van der Waals surface area contributed by atoms with Crippen molar-refractivity contribution in [3.8, 4) is 0 Å². The quantitative estimate of drug-likeness (QED) is 0.749. The summed E-state index contributed by atoms with van der Waals surface area (Å²) < 4.78 is 29.0. The normalized spacial score (nSPS) is 26.7. The number of carbonyl (C=O) groups excluding carboxylic acids is 1. The van der Waals surface area contributed by atoms with Gasteiger partial charge in [0.25, 0.3) is 6.43 Å². The smallest absolute Gasteiger partial charge is 0.261 e. The molecule has 2 atom stereocenters. The topological polar surface area (TPSA) is 29.5 Å². The van der Waals surface area contributed by atoms with Crippen molar-refractivity contribution in [2.75, 3.05) is 19.8 Å². The van der Waals surface area contributed by atoms with E-state index >= 15 is 0 Å². The highest BCUT2D eigenvalue weighted by Gasteiger charge is 2.56. The zero-order valence-corrected chi connectivity index (χ0v) is 13.2. The molecule has 0 N–H and O–H groups in total. The Morgan fingerprint density at radius 3 is 2.78 bits per heavy atom. The second-order valence-electron chi connectivity index (χ2n) is 6.45. The molecule has 1 aliphatic carbocycles. The van der Waals surface area contributed by atoms with Crippen LogP contribution in [-0.2, 0) is 15.1 Å². The number of fused-ring (bicyclic) bond motifs is 1. The lowest BCUT2D eigenvalue weighted by atomic mass is 9.61. The van der Waals surface area contributed by atoms with E-state index < -0.39 is 13.0 Å². The molecule has 126 valence electrons. The minimum atomic E-state index is -2.48. The van der Waals surface area contributed by atoms with Crippen LogP contribution in [0.5, 0.6) is 0 Å². The van der Waals surface area contributed by atoms with Crippen LogP contribution < -0.4 is 0 Å². The van der Waals surface area contributed by atoms with Gasteiger partial charge in [0.05, 0.1) is 18.6 Å². The Bertz CT molecular complexity index is 537. The fourth-order valence-electron chi connectivity index (χ4n) is 4.15. The molecule has 3 rings (SSSR count). The Kier molecular flexibility index (Phi) is 4.95. The maximum Gasteiger partial charge on any atom is 0.261 e. The molecule has 0 bridgehead atoms. The molecule has 1 aromatic rings. The standard InChI is InChI=1S/C18H23F2NO2/c19-16(20)13-23-11-9-17(22)21-12-15-8-4-5-10-18(15,21)14-6-2-1-3-7-14/h1-3,6-7,15-16H,4-5,8-13H2/t15-,18-/m0/s1. The molecule has 1 amide bonds. The summed E-state index contributed by atoms with van der Waals surface area (Å²) >= 11 is 0. The summed E-state index contributed by atoms with van der Waals surface area (Å²) in [6.45, 7) is 0.248. The highest BCUT2D eigenvalue weighted by atomic mass is 19.3. The molecule has 0 spiro atoms. The van der Waals surface area contributed by atoms with Gasteiger partial charge in [0.2, 0.25) is 5.91 Å². The van der Waals surface area contributed by atoms with Gasteiger partial charge in [-0.1, -0.05) is 43.2 Å². The fraction of sp³-hybridized carbons (Fsp3) is 0.611. The second kappa shape index (κ2) is 6.95. The molecule has 1 aromatic carbocycles. The summed E-state index contributed by atoms with van der Waals surface area (Å²) in [4.78, 5) is 14.5. The van der Waals surface area contributed by atoms with Gasteiger partial charge in [0.15, 0.2) is 0 Å². The van der Waals surface area contributed by atoms with Crippen LogP contribution in [-0.4, -0.2) is 37.0 Å². The number of carbonyl (C=O) groups is 1. The molecule has 1 aliphatic heterocycles. The van der Waals surface area contributed by atoms with Crippen molar-refractivity contribution in [1.29, 1.82) is 0 Å². The number of ether oxygens (including phenoxy) is 1. The first-order chi connectivity index (χ1) is 11.1. The van der Waals surface area contributed by atoms with Crippen LogP contribution in [0.2, 0.25) is 0 Å². The van der Waals surface area contributed by atoms with Crippen LogP contribution in [0, 0.1) is 5.92 Å². The van der Waals surface area contributed by atoms with Crippen LogP contribution >= 0.6 is 0 Å². The van der Waals surface area contributed by atoms with E-state index in [0.717, 1.165) is 25.8 Å². The third-order valence-electron chi connectivity index (χ3n) is 5.20. The van der Waals surface area contributed by atoms with Crippen molar-refractivity contribution in [3.63, 3.8) is 0 Å². The van der Waals surface area contributed by atoms with Crippen molar-refractivity contribution >= 4 is 5.91 Å². The first-order valence-corrected chi connectivity index (χ1v) is 8.36. The largest absolute Gasteiger partial charge is 0.375 e. The summed E-state index contributed by atoms with van der Waals surface area (Å²) in [6.07, 6.45) is 2.18. The average Bonchev–Trinajstić information content (AvgIpc) is 2.53. The van der Waals surface area contributed by atoms with E-state index in [1.165, 1.54) is 12.0 Å². The molecular weight excluding hydrogens is 300 g/mol. The molecule has 1 saturated heterocycles. The molecule has 0 aromatic heterocycles. The highest BCUT2D eigenvalue weighted by molar-refractivity contribution is 5.78. The Morgan fingerprint density at radius 2 is 2.09 bits per heavy atom. The van der Waals surface area contributed by atoms with Gasteiger partial charge in [-0.15, -0.1) is 0 Å². The van der Waals surface area contributed by atoms with Gasteiger partial charge in [-0.25, -0.2) is 8.78 Å². The zero-order valence-electron chi connectivity index (χ0n) is 13.2. The van der Waals surface area contributed by atoms with E-state index in [1.54, 1.807) is 0 Å². The summed E-state index contributed by atoms with van der Waals surface area (Å²) in [6, 6.07) is 10.2. The molecule has 2 fully saturated rings. The number of amides is 1. The molecule has 5 heteroatoms. The average molecular weight is 323 g/mol. The van der Waals surface area contributed by atoms with Gasteiger partial charge in [-0.2, -0.15) is 0 Å². The van der Waals surface area contributed by atoms with Crippen LogP contribution in [0.1, 0.15) is 37.7 Å². The monoisotopic (exact) mass is 323 g/mol. The lowest BCUT2D eigenvalue weighted by molar-refractivity contribution is -0.168. The van der Waals surface area contributed by atoms with Crippen molar-refractivity contribution in [1.82, 2.24) is 4.90 Å². The van der Waals surface area contributed by atoms with Gasteiger partial charge in [0.1, 0.15) is 6.61 Å². The number of halogens is 2. The maximum absolute atomic E-state index is 12.6. The van der Waals surface area contributed by atoms with Crippen molar-refractivity contribution in [2.24, 2.45) is 5.92 Å². The van der Waals surface area contributed by atoms with E-state index in [-0.39, 0.29) is 24.5 Å². The molecule has 0 radical (unpaired) electrons. The van der Waals surface area contributed by atoms with Crippen molar-refractivity contribution in [2.45, 2.75) is 44.1 Å². The zero-order chi connectivity index (χ0) is 16.3. The molecule has 1 saturated carbocycles. The lowest BCUT2D eigenvalue weighted by Gasteiger charge is -2.61. The third kappa shape index (κ3) is 3.11. The van der Waals surface area contributed by atoms with Crippen LogP contribution in [0.3, 0.4) is 0 Å². The first kappa shape index (κ1) is 16.4. The van der Waals surface area contributed by atoms with E-state index in [0.29, 0.717) is 5.92 Å². The molecule has 0 unspecified atom stereocenters. The van der Waals surface area contributed by atoms with Crippen LogP contribution in [0.4, 0.5) is 8.78 Å². The van der Waals surface area contributed by atoms with Crippen molar-refractivity contribution in [3.05, 3.63) is 35.9 Å². The van der Waals surface area contributed by atoms with E-state index in [4.69, 9.17) is 4.74 Å². The Balaban J connectivity index is 1.68.